The van der Waals surface area contributed by atoms with Gasteiger partial charge in [0, 0.05) is 18.2 Å². The van der Waals surface area contributed by atoms with Gasteiger partial charge in [-0.3, -0.25) is 4.79 Å². The van der Waals surface area contributed by atoms with E-state index in [0.717, 1.165) is 35.0 Å². The van der Waals surface area contributed by atoms with Crippen LogP contribution in [0, 0.1) is 12.7 Å². The van der Waals surface area contributed by atoms with Crippen LogP contribution in [0.1, 0.15) is 49.3 Å². The van der Waals surface area contributed by atoms with Gasteiger partial charge in [-0.05, 0) is 31.4 Å². The van der Waals surface area contributed by atoms with Gasteiger partial charge in [-0.2, -0.15) is 9.71 Å². The second-order valence-electron chi connectivity index (χ2n) is 5.88. The topological polar surface area (TPSA) is 114 Å². The van der Waals surface area contributed by atoms with Crippen molar-refractivity contribution in [1.29, 1.82) is 0 Å². The SMILES string of the molecule is Cc1cc(C2CCCCC2)n(O)c(=O)c1.Nc1nc(=O)[nH]cc1F. The third kappa shape index (κ3) is 4.43. The highest BCUT2D eigenvalue weighted by molar-refractivity contribution is 5.25. The van der Waals surface area contributed by atoms with Crippen molar-refractivity contribution in [2.75, 3.05) is 5.73 Å². The first-order valence-electron chi connectivity index (χ1n) is 7.82. The quantitative estimate of drug-likeness (QED) is 0.689. The zero-order chi connectivity index (χ0) is 17.7. The first-order valence-corrected chi connectivity index (χ1v) is 7.82. The highest BCUT2D eigenvalue weighted by Crippen LogP contribution is 2.31. The Kier molecular flexibility index (Phi) is 5.73. The van der Waals surface area contributed by atoms with Crippen molar-refractivity contribution in [3.05, 3.63) is 56.2 Å². The number of H-pyrrole nitrogens is 1. The number of nitrogen functional groups attached to an aromatic ring is 1. The van der Waals surface area contributed by atoms with E-state index in [1.807, 2.05) is 18.0 Å². The van der Waals surface area contributed by atoms with Gasteiger partial charge in [-0.15, -0.1) is 0 Å². The third-order valence-corrected chi connectivity index (χ3v) is 3.99. The molecule has 1 fully saturated rings. The van der Waals surface area contributed by atoms with E-state index in [2.05, 4.69) is 4.98 Å². The Morgan fingerprint density at radius 3 is 2.54 bits per heavy atom. The Labute approximate surface area is 137 Å². The number of hydrogen-bond acceptors (Lipinski definition) is 5. The van der Waals surface area contributed by atoms with Gasteiger partial charge < -0.3 is 15.9 Å². The number of pyridine rings is 1. The number of nitrogens with zero attached hydrogens (tertiary/aromatic N) is 2. The minimum absolute atomic E-state index is 0.310. The van der Waals surface area contributed by atoms with Crippen LogP contribution in [0.25, 0.3) is 0 Å². The molecule has 3 rings (SSSR count). The first-order chi connectivity index (χ1) is 11.4. The van der Waals surface area contributed by atoms with E-state index in [9.17, 15) is 19.2 Å². The van der Waals surface area contributed by atoms with Gasteiger partial charge in [0.25, 0.3) is 5.56 Å². The number of aromatic nitrogens is 3. The molecule has 24 heavy (non-hydrogen) atoms. The van der Waals surface area contributed by atoms with Gasteiger partial charge >= 0.3 is 5.69 Å². The summed E-state index contributed by atoms with van der Waals surface area (Å²) in [5, 5.41) is 9.68. The lowest BCUT2D eigenvalue weighted by Gasteiger charge is -2.22. The molecule has 1 saturated carbocycles. The molecule has 8 heteroatoms. The molecular weight excluding hydrogens is 315 g/mol. The molecule has 0 bridgehead atoms. The molecule has 0 aromatic carbocycles. The van der Waals surface area contributed by atoms with Crippen LogP contribution in [0.15, 0.2) is 27.9 Å². The van der Waals surface area contributed by atoms with E-state index in [1.54, 1.807) is 0 Å². The fraction of sp³-hybridized carbons (Fsp3) is 0.438. The number of anilines is 1. The van der Waals surface area contributed by atoms with Gasteiger partial charge in [0.2, 0.25) is 0 Å². The van der Waals surface area contributed by atoms with Crippen LogP contribution in [0.5, 0.6) is 0 Å². The third-order valence-electron chi connectivity index (χ3n) is 3.99. The molecule has 130 valence electrons. The maximum atomic E-state index is 12.1. The lowest BCUT2D eigenvalue weighted by molar-refractivity contribution is 0.156. The Hall–Kier alpha value is -2.64. The van der Waals surface area contributed by atoms with Gasteiger partial charge in [-0.25, -0.2) is 9.18 Å². The summed E-state index contributed by atoms with van der Waals surface area (Å²) in [6.45, 7) is 1.90. The minimum Gasteiger partial charge on any atom is -0.425 e. The predicted molar refractivity (Wildman–Crippen MR) is 87.7 cm³/mol. The molecule has 0 aliphatic heterocycles. The van der Waals surface area contributed by atoms with Crippen molar-refractivity contribution in [3.63, 3.8) is 0 Å². The summed E-state index contributed by atoms with van der Waals surface area (Å²) in [4.78, 5) is 26.7. The number of aryl methyl sites for hydroxylation is 1. The Morgan fingerprint density at radius 2 is 1.96 bits per heavy atom. The summed E-state index contributed by atoms with van der Waals surface area (Å²) >= 11 is 0. The van der Waals surface area contributed by atoms with Gasteiger partial charge in [0.1, 0.15) is 0 Å². The molecular formula is C16H21FN4O3. The number of nitrogens with one attached hydrogen (secondary N) is 1. The summed E-state index contributed by atoms with van der Waals surface area (Å²) in [5.41, 5.74) is 5.69. The van der Waals surface area contributed by atoms with E-state index < -0.39 is 11.5 Å². The Balaban J connectivity index is 0.000000198. The number of hydrogen-bond donors (Lipinski definition) is 3. The van der Waals surface area contributed by atoms with Gasteiger partial charge in [0.05, 0.1) is 5.69 Å². The average Bonchev–Trinajstić information content (AvgIpc) is 2.56. The summed E-state index contributed by atoms with van der Waals surface area (Å²) < 4.78 is 13.0. The molecule has 0 amide bonds. The summed E-state index contributed by atoms with van der Waals surface area (Å²) in [5.74, 6) is -0.732. The average molecular weight is 336 g/mol. The molecule has 4 N–H and O–H groups in total. The zero-order valence-electron chi connectivity index (χ0n) is 13.5. The molecule has 0 spiro atoms. The predicted octanol–water partition coefficient (Wildman–Crippen LogP) is 1.93. The zero-order valence-corrected chi connectivity index (χ0v) is 13.5. The van der Waals surface area contributed by atoms with E-state index in [-0.39, 0.29) is 11.4 Å². The lowest BCUT2D eigenvalue weighted by Crippen LogP contribution is -2.23. The molecule has 2 aromatic heterocycles. The van der Waals surface area contributed by atoms with Crippen molar-refractivity contribution < 1.29 is 9.60 Å². The summed E-state index contributed by atoms with van der Waals surface area (Å²) in [6, 6.07) is 3.39. The molecule has 0 atom stereocenters. The van der Waals surface area contributed by atoms with E-state index in [4.69, 9.17) is 5.73 Å². The van der Waals surface area contributed by atoms with Crippen LogP contribution in [0.3, 0.4) is 0 Å². The maximum absolute atomic E-state index is 12.1. The second-order valence-corrected chi connectivity index (χ2v) is 5.88. The molecule has 1 aliphatic rings. The van der Waals surface area contributed by atoms with E-state index >= 15 is 0 Å². The fourth-order valence-corrected chi connectivity index (χ4v) is 2.80. The van der Waals surface area contributed by atoms with Crippen LogP contribution in [0.4, 0.5) is 10.2 Å². The highest BCUT2D eigenvalue weighted by Gasteiger charge is 2.19. The number of rotatable bonds is 1. The van der Waals surface area contributed by atoms with Crippen molar-refractivity contribution in [2.45, 2.75) is 44.9 Å². The van der Waals surface area contributed by atoms with Crippen LogP contribution >= 0.6 is 0 Å². The number of nitrogens with two attached hydrogens (primary N) is 1. The van der Waals surface area contributed by atoms with E-state index in [0.29, 0.717) is 5.92 Å². The minimum atomic E-state index is -0.713. The molecule has 2 aromatic rings. The maximum Gasteiger partial charge on any atom is 0.347 e. The van der Waals surface area contributed by atoms with Crippen LogP contribution in [-0.2, 0) is 0 Å². The Bertz CT molecular complexity index is 810. The lowest BCUT2D eigenvalue weighted by atomic mass is 9.86. The normalized spacial score (nSPS) is 14.8. The molecule has 0 saturated heterocycles. The summed E-state index contributed by atoms with van der Waals surface area (Å²) in [6.07, 6.45) is 6.72. The number of aromatic amines is 1. The van der Waals surface area contributed by atoms with Crippen LogP contribution in [-0.4, -0.2) is 19.9 Å². The van der Waals surface area contributed by atoms with E-state index in [1.165, 1.54) is 25.3 Å². The summed E-state index contributed by atoms with van der Waals surface area (Å²) in [7, 11) is 0. The van der Waals surface area contributed by atoms with Crippen LogP contribution < -0.4 is 17.0 Å². The van der Waals surface area contributed by atoms with Gasteiger partial charge in [-0.1, -0.05) is 19.3 Å². The van der Waals surface area contributed by atoms with Crippen molar-refractivity contribution in [3.8, 4) is 0 Å². The molecule has 0 radical (unpaired) electrons. The molecule has 7 nitrogen and oxygen atoms in total. The fourth-order valence-electron chi connectivity index (χ4n) is 2.80. The second kappa shape index (κ2) is 7.76. The standard InChI is InChI=1S/C12H17NO2.C4H4FN3O/c1-9-7-11(13(15)12(14)8-9)10-5-3-2-4-6-10;5-2-1-7-4(9)8-3(2)6/h7-8,10,15H,2-6H2,1H3;1H,(H3,6,7,8,9). The van der Waals surface area contributed by atoms with Crippen molar-refractivity contribution in [2.24, 2.45) is 0 Å². The Morgan fingerprint density at radius 1 is 1.29 bits per heavy atom. The van der Waals surface area contributed by atoms with Crippen LogP contribution in [0.2, 0.25) is 0 Å². The monoisotopic (exact) mass is 336 g/mol. The van der Waals surface area contributed by atoms with Gasteiger partial charge in [0.15, 0.2) is 11.6 Å². The highest BCUT2D eigenvalue weighted by atomic mass is 19.1. The molecule has 0 unspecified atom stereocenters. The molecule has 1 aliphatic carbocycles. The largest absolute Gasteiger partial charge is 0.425 e. The first kappa shape index (κ1) is 17.7. The molecule has 2 heterocycles. The number of halogens is 1. The van der Waals surface area contributed by atoms with Crippen molar-refractivity contribution >= 4 is 5.82 Å². The van der Waals surface area contributed by atoms with Crippen molar-refractivity contribution in [1.82, 2.24) is 14.7 Å². The smallest absolute Gasteiger partial charge is 0.347 e.